The molecule has 0 amide bonds. The number of rotatable bonds is 9. The quantitative estimate of drug-likeness (QED) is 0.505. The standard InChI is InChI=1S/3C4H9.O.Ti/c3*1-3-4-2;;/h3*1,3-4H2,2H3;;. The predicted octanol–water partition coefficient (Wildman–Crippen LogP) is 5.14. The SMILES string of the molecule is CCC[CH2][Ti](=[O])([CH2]CCC)[CH2]CCC. The Bertz CT molecular complexity index is 137. The molecule has 0 heterocycles. The van der Waals surface area contributed by atoms with E-state index in [0.29, 0.717) is 0 Å². The minimum atomic E-state index is -2.58. The third kappa shape index (κ3) is 6.89. The predicted molar refractivity (Wildman–Crippen MR) is 59.8 cm³/mol. The zero-order valence-corrected chi connectivity index (χ0v) is 11.8. The Morgan fingerprint density at radius 3 is 1.21 bits per heavy atom. The molecular weight excluding hydrogens is 208 g/mol. The van der Waals surface area contributed by atoms with E-state index in [1.54, 1.807) is 0 Å². The maximum atomic E-state index is 12.6. The Labute approximate surface area is 93.3 Å². The molecule has 0 radical (unpaired) electrons. The van der Waals surface area contributed by atoms with Crippen molar-refractivity contribution in [2.75, 3.05) is 0 Å². The average molecular weight is 235 g/mol. The summed E-state index contributed by atoms with van der Waals surface area (Å²) in [6.07, 6.45) is 7.18. The maximum absolute atomic E-state index is 12.6. The zero-order valence-electron chi connectivity index (χ0n) is 10.3. The fraction of sp³-hybridized carbons (Fsp3) is 1.00. The van der Waals surface area contributed by atoms with Crippen LogP contribution in [0, 0.1) is 0 Å². The fourth-order valence-corrected chi connectivity index (χ4v) is 7.72. The van der Waals surface area contributed by atoms with Crippen molar-refractivity contribution in [2.45, 2.75) is 73.5 Å². The Hall–Kier alpha value is 0.514. The first-order valence-electron chi connectivity index (χ1n) is 6.39. The molecule has 0 atom stereocenters. The molecule has 0 fully saturated rings. The van der Waals surface area contributed by atoms with Gasteiger partial charge in [-0.3, -0.25) is 0 Å². The molecule has 0 aromatic carbocycles. The Kier molecular flexibility index (Phi) is 9.12. The summed E-state index contributed by atoms with van der Waals surface area (Å²) in [5.74, 6) is 0. The second-order valence-electron chi connectivity index (χ2n) is 4.49. The van der Waals surface area contributed by atoms with Crippen molar-refractivity contribution in [1.82, 2.24) is 0 Å². The first-order valence-corrected chi connectivity index (χ1v) is 10.3. The van der Waals surface area contributed by atoms with E-state index in [1.807, 2.05) is 0 Å². The second kappa shape index (κ2) is 8.79. The molecule has 0 saturated heterocycles. The Balaban J connectivity index is 3.97. The zero-order chi connectivity index (χ0) is 10.9. The van der Waals surface area contributed by atoms with E-state index in [-0.39, 0.29) is 0 Å². The first kappa shape index (κ1) is 14.5. The van der Waals surface area contributed by atoms with Crippen molar-refractivity contribution in [2.24, 2.45) is 0 Å². The number of hydrogen-bond acceptors (Lipinski definition) is 1. The molecule has 0 aliphatic heterocycles. The van der Waals surface area contributed by atoms with E-state index >= 15 is 0 Å². The molecule has 0 aliphatic rings. The summed E-state index contributed by atoms with van der Waals surface area (Å²) in [5, 5.41) is 0. The second-order valence-corrected chi connectivity index (χ2v) is 10.5. The number of hydrogen-bond donors (Lipinski definition) is 0. The molecule has 2 heteroatoms. The fourth-order valence-electron chi connectivity index (χ4n) is 1.87. The van der Waals surface area contributed by atoms with Crippen LogP contribution < -0.4 is 0 Å². The molecule has 0 bridgehead atoms. The van der Waals surface area contributed by atoms with Crippen LogP contribution in [0.5, 0.6) is 0 Å². The van der Waals surface area contributed by atoms with E-state index in [0.717, 1.165) is 14.2 Å². The van der Waals surface area contributed by atoms with Gasteiger partial charge in [0.25, 0.3) is 0 Å². The summed E-state index contributed by atoms with van der Waals surface area (Å²) >= 11 is -2.58. The van der Waals surface area contributed by atoms with Crippen LogP contribution in [0.2, 0.25) is 14.2 Å². The summed E-state index contributed by atoms with van der Waals surface area (Å²) in [6.45, 7) is 6.59. The van der Waals surface area contributed by atoms with Crippen LogP contribution in [0.4, 0.5) is 0 Å². The molecule has 0 saturated carbocycles. The van der Waals surface area contributed by atoms with Gasteiger partial charge in [-0.1, -0.05) is 0 Å². The van der Waals surface area contributed by atoms with Gasteiger partial charge in [-0.15, -0.1) is 0 Å². The molecule has 0 rings (SSSR count). The van der Waals surface area contributed by atoms with E-state index in [1.165, 1.54) is 38.5 Å². The van der Waals surface area contributed by atoms with Crippen molar-refractivity contribution in [3.63, 3.8) is 0 Å². The monoisotopic (exact) mass is 235 g/mol. The minimum absolute atomic E-state index is 1.08. The summed E-state index contributed by atoms with van der Waals surface area (Å²) in [5.41, 5.74) is 0. The van der Waals surface area contributed by atoms with E-state index in [4.69, 9.17) is 0 Å². The molecule has 85 valence electrons. The molecule has 0 aromatic heterocycles. The van der Waals surface area contributed by atoms with Gasteiger partial charge < -0.3 is 0 Å². The van der Waals surface area contributed by atoms with Gasteiger partial charge >= 0.3 is 93.4 Å². The normalized spacial score (nSPS) is 11.9. The van der Waals surface area contributed by atoms with Crippen LogP contribution in [-0.2, 0) is 19.9 Å². The molecule has 14 heavy (non-hydrogen) atoms. The van der Waals surface area contributed by atoms with Crippen LogP contribution in [0.3, 0.4) is 0 Å². The molecule has 1 nitrogen and oxygen atoms in total. The summed E-state index contributed by atoms with van der Waals surface area (Å²) in [6, 6.07) is 0. The van der Waals surface area contributed by atoms with Crippen molar-refractivity contribution in [3.05, 3.63) is 0 Å². The third-order valence-electron chi connectivity index (χ3n) is 2.96. The molecule has 0 aliphatic carbocycles. The van der Waals surface area contributed by atoms with Crippen molar-refractivity contribution in [1.29, 1.82) is 0 Å². The van der Waals surface area contributed by atoms with Gasteiger partial charge in [-0.2, -0.15) is 0 Å². The van der Waals surface area contributed by atoms with Gasteiger partial charge in [0, 0.05) is 0 Å². The van der Waals surface area contributed by atoms with Gasteiger partial charge in [-0.05, 0) is 0 Å². The average Bonchev–Trinajstić information content (AvgIpc) is 2.21. The Morgan fingerprint density at radius 2 is 1.00 bits per heavy atom. The third-order valence-corrected chi connectivity index (χ3v) is 8.88. The van der Waals surface area contributed by atoms with Crippen LogP contribution in [0.15, 0.2) is 0 Å². The van der Waals surface area contributed by atoms with Crippen LogP contribution >= 0.6 is 0 Å². The molecule has 0 unspecified atom stereocenters. The van der Waals surface area contributed by atoms with Crippen LogP contribution in [0.1, 0.15) is 59.3 Å². The van der Waals surface area contributed by atoms with Gasteiger partial charge in [0.15, 0.2) is 0 Å². The first-order chi connectivity index (χ1) is 6.68. The van der Waals surface area contributed by atoms with Gasteiger partial charge in [-0.25, -0.2) is 0 Å². The molecule has 0 N–H and O–H groups in total. The van der Waals surface area contributed by atoms with Gasteiger partial charge in [0.05, 0.1) is 0 Å². The van der Waals surface area contributed by atoms with Crippen LogP contribution in [-0.4, -0.2) is 0 Å². The molecule has 0 aromatic rings. The van der Waals surface area contributed by atoms with Crippen LogP contribution in [0.25, 0.3) is 0 Å². The summed E-state index contributed by atoms with van der Waals surface area (Å²) in [7, 11) is 0. The summed E-state index contributed by atoms with van der Waals surface area (Å²) in [4.78, 5) is 0. The Morgan fingerprint density at radius 1 is 0.714 bits per heavy atom. The number of unbranched alkanes of at least 4 members (excludes halogenated alkanes) is 3. The molecular formula is C12H27OTi. The van der Waals surface area contributed by atoms with Gasteiger partial charge in [0.2, 0.25) is 0 Å². The van der Waals surface area contributed by atoms with E-state index in [9.17, 15) is 3.32 Å². The topological polar surface area (TPSA) is 17.1 Å². The van der Waals surface area contributed by atoms with E-state index in [2.05, 4.69) is 20.8 Å². The van der Waals surface area contributed by atoms with E-state index < -0.39 is 16.6 Å². The summed E-state index contributed by atoms with van der Waals surface area (Å²) < 4.78 is 15.8. The molecule has 0 spiro atoms. The van der Waals surface area contributed by atoms with Crippen molar-refractivity contribution >= 4 is 0 Å². The van der Waals surface area contributed by atoms with Crippen molar-refractivity contribution < 1.29 is 19.9 Å². The van der Waals surface area contributed by atoms with Crippen molar-refractivity contribution in [3.8, 4) is 0 Å². The van der Waals surface area contributed by atoms with Gasteiger partial charge in [0.1, 0.15) is 0 Å².